The van der Waals surface area contributed by atoms with Gasteiger partial charge in [0.2, 0.25) is 5.76 Å². The molecule has 0 aromatic rings. The first kappa shape index (κ1) is 19.7. The summed E-state index contributed by atoms with van der Waals surface area (Å²) in [5.74, 6) is -2.41. The van der Waals surface area contributed by atoms with Crippen LogP contribution in [-0.2, 0) is 38.1 Å². The molecule has 0 spiro atoms. The molecule has 0 fully saturated rings. The van der Waals surface area contributed by atoms with Crippen molar-refractivity contribution < 1.29 is 43.2 Å². The Bertz CT molecular complexity index is 642. The Morgan fingerprint density at radius 2 is 1.96 bits per heavy atom. The largest absolute Gasteiger partial charge is 0.478 e. The molecule has 2 aliphatic heterocycles. The summed E-state index contributed by atoms with van der Waals surface area (Å²) in [4.78, 5) is 38.2. The second-order valence-corrected chi connectivity index (χ2v) is 5.79. The van der Waals surface area contributed by atoms with Gasteiger partial charge in [0.1, 0.15) is 24.9 Å². The van der Waals surface area contributed by atoms with Crippen molar-refractivity contribution >= 4 is 23.8 Å². The second kappa shape index (κ2) is 8.17. The minimum Gasteiger partial charge on any atom is -0.478 e. The number of fused-ring (bicyclic) bond motifs is 1. The van der Waals surface area contributed by atoms with Gasteiger partial charge in [-0.2, -0.15) is 0 Å². The SMILES string of the molecule is CO[C@H]([C@@H]1OC(C(=O)O)=C[C@H]2OC(C)=N[C@H]12)[C@H](COC(C)=O)OC(C)=O. The van der Waals surface area contributed by atoms with Crippen LogP contribution in [0.15, 0.2) is 16.8 Å². The number of nitrogens with zero attached hydrogens (tertiary/aromatic N) is 1. The van der Waals surface area contributed by atoms with Crippen LogP contribution in [0, 0.1) is 0 Å². The Balaban J connectivity index is 2.31. The lowest BCUT2D eigenvalue weighted by molar-refractivity contribution is -0.177. The number of aliphatic carboxylic acids is 1. The number of carboxylic acids is 1. The molecule has 5 atom stereocenters. The highest BCUT2D eigenvalue weighted by Gasteiger charge is 2.48. The first-order valence-corrected chi connectivity index (χ1v) is 7.89. The van der Waals surface area contributed by atoms with Gasteiger partial charge < -0.3 is 28.8 Å². The van der Waals surface area contributed by atoms with Gasteiger partial charge in [-0.3, -0.25) is 9.59 Å². The van der Waals surface area contributed by atoms with E-state index in [4.69, 9.17) is 23.7 Å². The van der Waals surface area contributed by atoms with Gasteiger partial charge in [-0.1, -0.05) is 0 Å². The van der Waals surface area contributed by atoms with E-state index in [1.165, 1.54) is 27.0 Å². The summed E-state index contributed by atoms with van der Waals surface area (Å²) >= 11 is 0. The Labute approximate surface area is 149 Å². The monoisotopic (exact) mass is 371 g/mol. The van der Waals surface area contributed by atoms with Gasteiger partial charge in [0, 0.05) is 34.0 Å². The fourth-order valence-corrected chi connectivity index (χ4v) is 2.87. The molecule has 0 aliphatic carbocycles. The molecule has 0 radical (unpaired) electrons. The van der Waals surface area contributed by atoms with Gasteiger partial charge in [0.05, 0.1) is 0 Å². The summed E-state index contributed by atoms with van der Waals surface area (Å²) in [6.07, 6.45) is -2.23. The first-order valence-electron chi connectivity index (χ1n) is 7.89. The smallest absolute Gasteiger partial charge is 0.370 e. The number of methoxy groups -OCH3 is 1. The number of hydrogen-bond donors (Lipinski definition) is 1. The number of esters is 2. The van der Waals surface area contributed by atoms with Gasteiger partial charge in [-0.25, -0.2) is 9.79 Å². The maximum absolute atomic E-state index is 11.4. The molecule has 0 unspecified atom stereocenters. The van der Waals surface area contributed by atoms with E-state index in [9.17, 15) is 19.5 Å². The van der Waals surface area contributed by atoms with E-state index >= 15 is 0 Å². The van der Waals surface area contributed by atoms with E-state index in [2.05, 4.69) is 4.99 Å². The standard InChI is InChI=1S/C16H21NO9/c1-7-17-13-10(24-7)5-11(16(20)21)26-15(13)14(22-4)12(25-9(3)19)6-23-8(2)18/h5,10,12-15H,6H2,1-4H3,(H,20,21)/t10-,12+,13+,14+,15-/m1/s1. The summed E-state index contributed by atoms with van der Waals surface area (Å²) < 4.78 is 26.6. The molecule has 144 valence electrons. The van der Waals surface area contributed by atoms with Crippen LogP contribution in [0.3, 0.4) is 0 Å². The molecule has 0 amide bonds. The first-order chi connectivity index (χ1) is 12.2. The minimum absolute atomic E-state index is 0.277. The summed E-state index contributed by atoms with van der Waals surface area (Å²) in [6.45, 7) is 3.76. The quantitative estimate of drug-likeness (QED) is 0.617. The highest BCUT2D eigenvalue weighted by atomic mass is 16.6. The van der Waals surface area contributed by atoms with Crippen molar-refractivity contribution in [1.82, 2.24) is 0 Å². The second-order valence-electron chi connectivity index (χ2n) is 5.79. The van der Waals surface area contributed by atoms with E-state index in [1.54, 1.807) is 6.92 Å². The van der Waals surface area contributed by atoms with Crippen molar-refractivity contribution in [1.29, 1.82) is 0 Å². The van der Waals surface area contributed by atoms with Crippen molar-refractivity contribution in [2.45, 2.75) is 51.2 Å². The highest BCUT2D eigenvalue weighted by Crippen LogP contribution is 2.31. The molecule has 2 rings (SSSR count). The lowest BCUT2D eigenvalue weighted by Crippen LogP contribution is -2.53. The molecule has 1 N–H and O–H groups in total. The van der Waals surface area contributed by atoms with E-state index in [-0.39, 0.29) is 12.4 Å². The third-order valence-corrected chi connectivity index (χ3v) is 3.83. The lowest BCUT2D eigenvalue weighted by atomic mass is 9.94. The molecule has 0 saturated heterocycles. The zero-order valence-electron chi connectivity index (χ0n) is 14.8. The zero-order chi connectivity index (χ0) is 19.4. The predicted molar refractivity (Wildman–Crippen MR) is 85.3 cm³/mol. The summed E-state index contributed by atoms with van der Waals surface area (Å²) in [5.41, 5.74) is 0. The number of carbonyl (C=O) groups excluding carboxylic acids is 2. The van der Waals surface area contributed by atoms with Gasteiger partial charge in [0.25, 0.3) is 0 Å². The van der Waals surface area contributed by atoms with Crippen molar-refractivity contribution in [2.24, 2.45) is 4.99 Å². The van der Waals surface area contributed by atoms with E-state index in [0.717, 1.165) is 0 Å². The average Bonchev–Trinajstić information content (AvgIpc) is 2.92. The van der Waals surface area contributed by atoms with E-state index < -0.39 is 48.4 Å². The number of ether oxygens (including phenoxy) is 5. The van der Waals surface area contributed by atoms with Gasteiger partial charge in [0.15, 0.2) is 18.1 Å². The normalized spacial score (nSPS) is 26.2. The molecule has 0 aromatic heterocycles. The number of rotatable bonds is 7. The Hall–Kier alpha value is -2.62. The molecule has 10 nitrogen and oxygen atoms in total. The summed E-state index contributed by atoms with van der Waals surface area (Å²) in [5, 5.41) is 9.27. The fraction of sp³-hybridized carbons (Fsp3) is 0.625. The highest BCUT2D eigenvalue weighted by molar-refractivity contribution is 5.85. The molecule has 10 heteroatoms. The zero-order valence-corrected chi connectivity index (χ0v) is 14.8. The third kappa shape index (κ3) is 4.51. The van der Waals surface area contributed by atoms with Crippen LogP contribution in [0.25, 0.3) is 0 Å². The molecule has 0 bridgehead atoms. The molecule has 0 saturated carbocycles. The Kier molecular flexibility index (Phi) is 6.19. The number of carbonyl (C=O) groups is 3. The van der Waals surface area contributed by atoms with Crippen molar-refractivity contribution in [3.8, 4) is 0 Å². The van der Waals surface area contributed by atoms with E-state index in [0.29, 0.717) is 5.90 Å². The molecular formula is C16H21NO9. The Morgan fingerprint density at radius 1 is 1.27 bits per heavy atom. The van der Waals surface area contributed by atoms with Gasteiger partial charge in [-0.05, 0) is 0 Å². The van der Waals surface area contributed by atoms with Gasteiger partial charge in [-0.15, -0.1) is 0 Å². The van der Waals surface area contributed by atoms with Crippen LogP contribution in [-0.4, -0.2) is 73.1 Å². The molecule has 26 heavy (non-hydrogen) atoms. The molecule has 0 aromatic carbocycles. The van der Waals surface area contributed by atoms with Gasteiger partial charge >= 0.3 is 17.9 Å². The van der Waals surface area contributed by atoms with Crippen LogP contribution >= 0.6 is 0 Å². The van der Waals surface area contributed by atoms with Crippen LogP contribution in [0.2, 0.25) is 0 Å². The maximum atomic E-state index is 11.4. The van der Waals surface area contributed by atoms with Crippen LogP contribution < -0.4 is 0 Å². The molecule has 2 aliphatic rings. The predicted octanol–water partition coefficient (Wildman–Crippen LogP) is 0.0493. The topological polar surface area (TPSA) is 130 Å². The third-order valence-electron chi connectivity index (χ3n) is 3.83. The van der Waals surface area contributed by atoms with E-state index in [1.807, 2.05) is 0 Å². The summed E-state index contributed by atoms with van der Waals surface area (Å²) in [7, 11) is 1.35. The van der Waals surface area contributed by atoms with Crippen LogP contribution in [0.5, 0.6) is 0 Å². The fourth-order valence-electron chi connectivity index (χ4n) is 2.87. The maximum Gasteiger partial charge on any atom is 0.370 e. The number of aliphatic imine (C=N–C) groups is 1. The molecular weight excluding hydrogens is 350 g/mol. The Morgan fingerprint density at radius 3 is 2.50 bits per heavy atom. The average molecular weight is 371 g/mol. The number of carboxylic acid groups (broad SMARTS) is 1. The minimum atomic E-state index is -1.28. The summed E-state index contributed by atoms with van der Waals surface area (Å²) in [6, 6.07) is -0.599. The van der Waals surface area contributed by atoms with Crippen LogP contribution in [0.1, 0.15) is 20.8 Å². The van der Waals surface area contributed by atoms with Crippen molar-refractivity contribution in [3.05, 3.63) is 11.8 Å². The number of hydrogen-bond acceptors (Lipinski definition) is 9. The van der Waals surface area contributed by atoms with Crippen LogP contribution in [0.4, 0.5) is 0 Å². The molecule has 2 heterocycles. The van der Waals surface area contributed by atoms with Crippen molar-refractivity contribution in [3.63, 3.8) is 0 Å². The lowest BCUT2D eigenvalue weighted by Gasteiger charge is -2.37. The van der Waals surface area contributed by atoms with Crippen molar-refractivity contribution in [2.75, 3.05) is 13.7 Å².